The van der Waals surface area contributed by atoms with Crippen LogP contribution in [-0.2, 0) is 6.54 Å². The summed E-state index contributed by atoms with van der Waals surface area (Å²) in [7, 11) is 0. The van der Waals surface area contributed by atoms with Gasteiger partial charge in [0, 0.05) is 44.6 Å². The first kappa shape index (κ1) is 28.7. The summed E-state index contributed by atoms with van der Waals surface area (Å²) < 4.78 is 7.69. The Hall–Kier alpha value is -5.09. The van der Waals surface area contributed by atoms with E-state index in [-0.39, 0.29) is 11.9 Å². The largest absolute Gasteiger partial charge is 0.485 e. The molecule has 0 atom stereocenters. The van der Waals surface area contributed by atoms with Crippen molar-refractivity contribution in [2.45, 2.75) is 39.3 Å². The third-order valence-corrected chi connectivity index (χ3v) is 8.36. The molecular formula is C35H35N7O3. The number of fused-ring (bicyclic) bond motifs is 1. The molecule has 2 aliphatic rings. The van der Waals surface area contributed by atoms with E-state index in [1.807, 2.05) is 43.0 Å². The van der Waals surface area contributed by atoms with Crippen molar-refractivity contribution in [2.75, 3.05) is 36.8 Å². The van der Waals surface area contributed by atoms with Crippen LogP contribution in [0.2, 0.25) is 0 Å². The number of rotatable bonds is 8. The molecule has 1 aliphatic heterocycles. The number of benzene rings is 1. The van der Waals surface area contributed by atoms with Crippen molar-refractivity contribution < 1.29 is 4.74 Å². The normalized spacial score (nSPS) is 15.7. The third kappa shape index (κ3) is 5.42. The lowest BCUT2D eigenvalue weighted by Gasteiger charge is -2.37. The van der Waals surface area contributed by atoms with Crippen LogP contribution in [-0.4, -0.2) is 56.7 Å². The van der Waals surface area contributed by atoms with Gasteiger partial charge in [-0.05, 0) is 74.2 Å². The minimum Gasteiger partial charge on any atom is -0.485 e. The molecule has 10 nitrogen and oxygen atoms in total. The van der Waals surface area contributed by atoms with Crippen molar-refractivity contribution in [1.29, 1.82) is 0 Å². The molecule has 4 heterocycles. The number of allylic oxidation sites excluding steroid dienone is 4. The zero-order valence-electron chi connectivity index (χ0n) is 25.4. The average Bonchev–Trinajstić information content (AvgIpc) is 3.44. The molecule has 45 heavy (non-hydrogen) atoms. The predicted octanol–water partition coefficient (Wildman–Crippen LogP) is 4.50. The van der Waals surface area contributed by atoms with Crippen molar-refractivity contribution in [3.05, 3.63) is 105 Å². The van der Waals surface area contributed by atoms with Crippen molar-refractivity contribution in [1.82, 2.24) is 24.4 Å². The predicted molar refractivity (Wildman–Crippen MR) is 177 cm³/mol. The highest BCUT2D eigenvalue weighted by Gasteiger charge is 2.30. The zero-order chi connectivity index (χ0) is 31.1. The number of nitrogens with two attached hydrogens (primary N) is 1. The molecule has 0 unspecified atom stereocenters. The van der Waals surface area contributed by atoms with Gasteiger partial charge in [-0.3, -0.25) is 19.1 Å². The fourth-order valence-corrected chi connectivity index (χ4v) is 6.08. The van der Waals surface area contributed by atoms with Gasteiger partial charge in [-0.25, -0.2) is 15.0 Å². The van der Waals surface area contributed by atoms with Gasteiger partial charge in [0.05, 0.1) is 17.4 Å². The van der Waals surface area contributed by atoms with Gasteiger partial charge in [0.15, 0.2) is 17.2 Å². The molecule has 0 saturated carbocycles. The van der Waals surface area contributed by atoms with E-state index in [1.165, 1.54) is 5.56 Å². The molecule has 1 aliphatic carbocycles. The van der Waals surface area contributed by atoms with E-state index in [0.717, 1.165) is 66.2 Å². The SMILES string of the molecule is CC(C)Oc1c(N2CCN(Cc3ccc(-n4c(-c5cccnc5N)nc5ccc(C6=CCCC=C6)nc54)cc3)CC2)c(=O)c1=O. The fourth-order valence-electron chi connectivity index (χ4n) is 6.08. The van der Waals surface area contributed by atoms with Crippen LogP contribution in [0.4, 0.5) is 11.5 Å². The average molecular weight is 602 g/mol. The number of ether oxygens (including phenoxy) is 1. The fraction of sp³-hybridized carbons (Fsp3) is 0.286. The van der Waals surface area contributed by atoms with Gasteiger partial charge in [-0.1, -0.05) is 30.4 Å². The van der Waals surface area contributed by atoms with Crippen molar-refractivity contribution in [3.8, 4) is 22.8 Å². The van der Waals surface area contributed by atoms with Gasteiger partial charge in [-0.2, -0.15) is 0 Å². The van der Waals surface area contributed by atoms with Crippen molar-refractivity contribution >= 4 is 28.2 Å². The van der Waals surface area contributed by atoms with Crippen LogP contribution in [0, 0.1) is 0 Å². The number of hydrogen-bond donors (Lipinski definition) is 1. The van der Waals surface area contributed by atoms with Crippen LogP contribution in [0.15, 0.2) is 82.5 Å². The lowest BCUT2D eigenvalue weighted by atomic mass is 10.0. The summed E-state index contributed by atoms with van der Waals surface area (Å²) in [5.74, 6) is 1.32. The second-order valence-corrected chi connectivity index (χ2v) is 11.8. The molecule has 0 amide bonds. The van der Waals surface area contributed by atoms with E-state index in [9.17, 15) is 9.59 Å². The number of imidazole rings is 1. The Morgan fingerprint density at radius 3 is 2.44 bits per heavy atom. The Bertz CT molecular complexity index is 2010. The molecule has 2 aromatic carbocycles. The molecule has 10 heteroatoms. The number of anilines is 2. The molecule has 1 saturated heterocycles. The second kappa shape index (κ2) is 11.8. The van der Waals surface area contributed by atoms with Gasteiger partial charge >= 0.3 is 0 Å². The number of aromatic nitrogens is 4. The van der Waals surface area contributed by atoms with E-state index in [1.54, 1.807) is 6.20 Å². The maximum Gasteiger partial charge on any atom is 0.272 e. The number of hydrogen-bond acceptors (Lipinski definition) is 9. The van der Waals surface area contributed by atoms with Crippen LogP contribution in [0.25, 0.3) is 33.8 Å². The zero-order valence-corrected chi connectivity index (χ0v) is 25.4. The highest BCUT2D eigenvalue weighted by molar-refractivity contribution is 5.85. The third-order valence-electron chi connectivity index (χ3n) is 8.36. The van der Waals surface area contributed by atoms with Crippen LogP contribution >= 0.6 is 0 Å². The van der Waals surface area contributed by atoms with Gasteiger partial charge in [-0.15, -0.1) is 0 Å². The maximum atomic E-state index is 12.3. The minimum atomic E-state index is -0.518. The van der Waals surface area contributed by atoms with Gasteiger partial charge < -0.3 is 15.4 Å². The van der Waals surface area contributed by atoms with E-state index in [0.29, 0.717) is 30.4 Å². The first-order valence-electron chi connectivity index (χ1n) is 15.4. The molecule has 1 fully saturated rings. The van der Waals surface area contributed by atoms with Crippen LogP contribution < -0.4 is 26.2 Å². The Morgan fingerprint density at radius 1 is 0.933 bits per heavy atom. The molecule has 3 aromatic heterocycles. The van der Waals surface area contributed by atoms with Crippen LogP contribution in [0.5, 0.6) is 5.75 Å². The smallest absolute Gasteiger partial charge is 0.272 e. The summed E-state index contributed by atoms with van der Waals surface area (Å²) in [4.78, 5) is 43.0. The lowest BCUT2D eigenvalue weighted by molar-refractivity contribution is 0.230. The van der Waals surface area contributed by atoms with E-state index >= 15 is 0 Å². The number of piperazine rings is 1. The first-order chi connectivity index (χ1) is 21.9. The first-order valence-corrected chi connectivity index (χ1v) is 15.4. The Kier molecular flexibility index (Phi) is 7.50. The molecule has 228 valence electrons. The molecule has 5 aromatic rings. The van der Waals surface area contributed by atoms with E-state index in [4.69, 9.17) is 20.4 Å². The summed E-state index contributed by atoms with van der Waals surface area (Å²) in [6.45, 7) is 7.35. The summed E-state index contributed by atoms with van der Waals surface area (Å²) in [6, 6.07) is 16.3. The number of pyridine rings is 2. The number of nitrogen functional groups attached to an aromatic ring is 1. The van der Waals surface area contributed by atoms with Crippen LogP contribution in [0.1, 0.15) is 37.9 Å². The van der Waals surface area contributed by atoms with E-state index in [2.05, 4.69) is 56.9 Å². The van der Waals surface area contributed by atoms with Crippen LogP contribution in [0.3, 0.4) is 0 Å². The molecule has 0 spiro atoms. The Balaban J connectivity index is 1.14. The Morgan fingerprint density at radius 2 is 1.73 bits per heavy atom. The number of nitrogens with zero attached hydrogens (tertiary/aromatic N) is 6. The summed E-state index contributed by atoms with van der Waals surface area (Å²) in [5.41, 5.74) is 12.2. The topological polar surface area (TPSA) is 119 Å². The quantitative estimate of drug-likeness (QED) is 0.256. The molecule has 0 radical (unpaired) electrons. The van der Waals surface area contributed by atoms with Crippen molar-refractivity contribution in [3.63, 3.8) is 0 Å². The lowest BCUT2D eigenvalue weighted by Crippen LogP contribution is -2.51. The minimum absolute atomic E-state index is 0.154. The molecule has 0 bridgehead atoms. The maximum absolute atomic E-state index is 12.3. The molecular weight excluding hydrogens is 566 g/mol. The monoisotopic (exact) mass is 601 g/mol. The summed E-state index contributed by atoms with van der Waals surface area (Å²) in [6.07, 6.45) is 10.1. The van der Waals surface area contributed by atoms with E-state index < -0.39 is 10.9 Å². The van der Waals surface area contributed by atoms with Gasteiger partial charge in [0.1, 0.15) is 17.0 Å². The standard InChI is InChI=1S/C35H35N7O3/c1-22(2)45-32-29(30(43)31(32)44)41-19-17-40(18-20-41)21-23-10-12-25(13-11-23)42-34(26-9-6-16-37-33(26)36)39-28-15-14-27(38-35(28)42)24-7-4-3-5-8-24/h4,6-16,22H,3,5,17-21H2,1-2H3,(H2,36,37). The molecule has 7 rings (SSSR count). The second-order valence-electron chi connectivity index (χ2n) is 11.8. The molecule has 2 N–H and O–H groups in total. The van der Waals surface area contributed by atoms with Gasteiger partial charge in [0.2, 0.25) is 0 Å². The highest BCUT2D eigenvalue weighted by Crippen LogP contribution is 2.32. The highest BCUT2D eigenvalue weighted by atomic mass is 16.5. The van der Waals surface area contributed by atoms with Gasteiger partial charge in [0.25, 0.3) is 10.9 Å². The summed E-state index contributed by atoms with van der Waals surface area (Å²) >= 11 is 0. The Labute approximate surface area is 260 Å². The van der Waals surface area contributed by atoms with Crippen molar-refractivity contribution in [2.24, 2.45) is 0 Å². The summed E-state index contributed by atoms with van der Waals surface area (Å²) in [5, 5.41) is 0.